The number of rotatable bonds is 2. The Bertz CT molecular complexity index is 262. The third-order valence-electron chi connectivity index (χ3n) is 1.48. The zero-order valence-electron chi connectivity index (χ0n) is 6.85. The lowest BCUT2D eigenvalue weighted by Crippen LogP contribution is -1.68. The van der Waals surface area contributed by atoms with Crippen LogP contribution in [0.3, 0.4) is 0 Å². The van der Waals surface area contributed by atoms with E-state index in [0.717, 1.165) is 12.0 Å². The van der Waals surface area contributed by atoms with E-state index in [2.05, 4.69) is 24.5 Å². The average Bonchev–Trinajstić information content (AvgIpc) is 2.50. The molecular weight excluding hydrogens is 132 g/mol. The smallest absolute Gasteiger partial charge is 0.0663 e. The van der Waals surface area contributed by atoms with Crippen LogP contribution < -0.4 is 0 Å². The molecule has 0 saturated heterocycles. The fourth-order valence-electron chi connectivity index (χ4n) is 0.831. The molecule has 0 aromatic rings. The van der Waals surface area contributed by atoms with E-state index in [1.54, 1.807) is 0 Å². The van der Waals surface area contributed by atoms with Crippen molar-refractivity contribution < 1.29 is 0 Å². The quantitative estimate of drug-likeness (QED) is 0.317. The normalized spacial score (nSPS) is 12.6. The third-order valence-corrected chi connectivity index (χ3v) is 1.48. The summed E-state index contributed by atoms with van der Waals surface area (Å²) in [5, 5.41) is 0. The van der Waals surface area contributed by atoms with Gasteiger partial charge in [0.05, 0.1) is 5.57 Å². The van der Waals surface area contributed by atoms with E-state index in [-0.39, 0.29) is 0 Å². The molecule has 0 spiro atoms. The predicted octanol–water partition coefficient (Wildman–Crippen LogP) is 2.83. The van der Waals surface area contributed by atoms with E-state index in [1.807, 2.05) is 18.2 Å². The molecule has 0 fully saturated rings. The molecule has 0 unspecified atom stereocenters. The molecule has 0 aliphatic heterocycles. The maximum absolute atomic E-state index is 3.11. The van der Waals surface area contributed by atoms with Crippen molar-refractivity contribution in [2.45, 2.75) is 26.2 Å². The monoisotopic (exact) mass is 144 g/mol. The lowest BCUT2D eigenvalue weighted by atomic mass is 10.2. The van der Waals surface area contributed by atoms with Gasteiger partial charge in [-0.25, -0.2) is 0 Å². The summed E-state index contributed by atoms with van der Waals surface area (Å²) in [6, 6.07) is 0. The highest BCUT2D eigenvalue weighted by Gasteiger charge is 1.85. The standard InChI is InChI=1S/C11H12/c1-2-3-4-5-8-11-9-6-7-10-11/h6-7,9H,2-4H2,1H3. The summed E-state index contributed by atoms with van der Waals surface area (Å²) in [4.78, 5) is 0. The predicted molar refractivity (Wildman–Crippen MR) is 48.0 cm³/mol. The summed E-state index contributed by atoms with van der Waals surface area (Å²) in [6.07, 6.45) is 9.27. The average molecular weight is 144 g/mol. The Kier molecular flexibility index (Phi) is 3.32. The molecule has 11 heavy (non-hydrogen) atoms. The maximum Gasteiger partial charge on any atom is 0.0663 e. The first-order valence-electron chi connectivity index (χ1n) is 4.05. The summed E-state index contributed by atoms with van der Waals surface area (Å²) in [5.74, 6) is 6.16. The van der Waals surface area contributed by atoms with Gasteiger partial charge in [-0.2, -0.15) is 0 Å². The van der Waals surface area contributed by atoms with Gasteiger partial charge in [-0.1, -0.05) is 31.3 Å². The van der Waals surface area contributed by atoms with E-state index >= 15 is 0 Å². The van der Waals surface area contributed by atoms with Crippen LogP contribution in [0.4, 0.5) is 0 Å². The van der Waals surface area contributed by atoms with E-state index in [9.17, 15) is 0 Å². The van der Waals surface area contributed by atoms with Gasteiger partial charge in [0.15, 0.2) is 0 Å². The molecule has 0 nitrogen and oxygen atoms in total. The summed E-state index contributed by atoms with van der Waals surface area (Å²) in [7, 11) is 0. The van der Waals surface area contributed by atoms with Gasteiger partial charge in [0.1, 0.15) is 0 Å². The van der Waals surface area contributed by atoms with Gasteiger partial charge in [0.25, 0.3) is 0 Å². The molecule has 1 aliphatic rings. The number of hydrogen-bond donors (Lipinski definition) is 0. The fraction of sp³-hybridized carbons (Fsp3) is 0.364. The van der Waals surface area contributed by atoms with E-state index in [0.29, 0.717) is 0 Å². The first-order valence-corrected chi connectivity index (χ1v) is 4.05. The minimum Gasteiger partial charge on any atom is -0.104 e. The van der Waals surface area contributed by atoms with Crippen LogP contribution in [0.25, 0.3) is 0 Å². The summed E-state index contributed by atoms with van der Waals surface area (Å²) >= 11 is 0. The molecule has 0 amide bonds. The highest BCUT2D eigenvalue weighted by atomic mass is 13.9. The molecule has 0 atom stereocenters. The summed E-state index contributed by atoms with van der Waals surface area (Å²) in [6.45, 7) is 2.18. The van der Waals surface area contributed by atoms with Gasteiger partial charge in [-0.15, -0.1) is 5.73 Å². The zero-order chi connectivity index (χ0) is 7.94. The van der Waals surface area contributed by atoms with Gasteiger partial charge < -0.3 is 0 Å². The molecule has 0 saturated carbocycles. The molecule has 0 bridgehead atoms. The third kappa shape index (κ3) is 2.94. The molecule has 0 aromatic heterocycles. The van der Waals surface area contributed by atoms with Crippen molar-refractivity contribution in [2.75, 3.05) is 0 Å². The van der Waals surface area contributed by atoms with Crippen molar-refractivity contribution in [3.05, 3.63) is 29.5 Å². The molecule has 0 heteroatoms. The lowest BCUT2D eigenvalue weighted by molar-refractivity contribution is 0.828. The van der Waals surface area contributed by atoms with Crippen molar-refractivity contribution in [1.29, 1.82) is 0 Å². The van der Waals surface area contributed by atoms with Crippen molar-refractivity contribution >= 4 is 0 Å². The fourth-order valence-corrected chi connectivity index (χ4v) is 0.831. The van der Waals surface area contributed by atoms with E-state index in [4.69, 9.17) is 0 Å². The number of unbranched alkanes of at least 4 members (excludes halogenated alkanes) is 2. The Morgan fingerprint density at radius 1 is 1.55 bits per heavy atom. The lowest BCUT2D eigenvalue weighted by Gasteiger charge is -1.83. The Morgan fingerprint density at radius 3 is 3.09 bits per heavy atom. The molecular formula is C11H12. The van der Waals surface area contributed by atoms with Gasteiger partial charge in [-0.05, 0) is 18.6 Å². The van der Waals surface area contributed by atoms with Crippen LogP contribution in [0.15, 0.2) is 29.5 Å². The Hall–Kier alpha value is -1.18. The minimum absolute atomic E-state index is 1.01. The Morgan fingerprint density at radius 2 is 2.45 bits per heavy atom. The zero-order valence-corrected chi connectivity index (χ0v) is 6.85. The second-order valence-corrected chi connectivity index (χ2v) is 2.49. The number of allylic oxidation sites excluding steroid dienone is 3. The van der Waals surface area contributed by atoms with Crippen LogP contribution in [-0.2, 0) is 0 Å². The Balaban J connectivity index is 2.33. The van der Waals surface area contributed by atoms with Crippen LogP contribution in [0.2, 0.25) is 0 Å². The highest BCUT2D eigenvalue weighted by Crippen LogP contribution is 1.99. The largest absolute Gasteiger partial charge is 0.104 e. The van der Waals surface area contributed by atoms with E-state index in [1.165, 1.54) is 12.8 Å². The van der Waals surface area contributed by atoms with Crippen LogP contribution >= 0.6 is 0 Å². The van der Waals surface area contributed by atoms with Crippen molar-refractivity contribution in [1.82, 2.24) is 0 Å². The van der Waals surface area contributed by atoms with Gasteiger partial charge in [-0.3, -0.25) is 0 Å². The van der Waals surface area contributed by atoms with Crippen LogP contribution in [0.1, 0.15) is 26.2 Å². The van der Waals surface area contributed by atoms with Crippen molar-refractivity contribution in [3.63, 3.8) is 0 Å². The summed E-state index contributed by atoms with van der Waals surface area (Å²) in [5.41, 5.74) is 4.06. The second-order valence-electron chi connectivity index (χ2n) is 2.49. The molecule has 0 N–H and O–H groups in total. The molecule has 1 rings (SSSR count). The van der Waals surface area contributed by atoms with E-state index < -0.39 is 0 Å². The molecule has 0 radical (unpaired) electrons. The second kappa shape index (κ2) is 4.61. The first-order chi connectivity index (χ1) is 5.43. The molecule has 0 heterocycles. The van der Waals surface area contributed by atoms with Crippen LogP contribution in [0.5, 0.6) is 0 Å². The van der Waals surface area contributed by atoms with Gasteiger partial charge in [0, 0.05) is 6.42 Å². The number of hydrogen-bond acceptors (Lipinski definition) is 0. The van der Waals surface area contributed by atoms with Crippen LogP contribution in [-0.4, -0.2) is 0 Å². The SMILES string of the molecule is CCCCC#CC1=C=CC=C1. The van der Waals surface area contributed by atoms with Gasteiger partial charge in [0.2, 0.25) is 0 Å². The van der Waals surface area contributed by atoms with Crippen LogP contribution in [0, 0.1) is 11.8 Å². The van der Waals surface area contributed by atoms with Crippen molar-refractivity contribution in [2.24, 2.45) is 0 Å². The minimum atomic E-state index is 1.01. The summed E-state index contributed by atoms with van der Waals surface area (Å²) < 4.78 is 0. The highest BCUT2D eigenvalue weighted by molar-refractivity contribution is 5.42. The van der Waals surface area contributed by atoms with Crippen molar-refractivity contribution in [3.8, 4) is 11.8 Å². The topological polar surface area (TPSA) is 0 Å². The molecule has 0 aromatic carbocycles. The first kappa shape index (κ1) is 7.92. The maximum atomic E-state index is 3.11. The Labute approximate surface area is 68.3 Å². The van der Waals surface area contributed by atoms with Gasteiger partial charge >= 0.3 is 0 Å². The molecule has 56 valence electrons. The molecule has 1 aliphatic carbocycles.